The second-order valence-corrected chi connectivity index (χ2v) is 7.56. The topological polar surface area (TPSA) is 107 Å². The zero-order valence-corrected chi connectivity index (χ0v) is 19.9. The Morgan fingerprint density at radius 3 is 1.91 bits per heavy atom. The highest BCUT2D eigenvalue weighted by molar-refractivity contribution is 7.16. The van der Waals surface area contributed by atoms with E-state index in [0.29, 0.717) is 39.1 Å². The third-order valence-corrected chi connectivity index (χ3v) is 5.85. The van der Waals surface area contributed by atoms with Gasteiger partial charge in [-0.05, 0) is 12.1 Å². The Labute approximate surface area is 193 Å². The number of rotatable bonds is 8. The quantitative estimate of drug-likeness (QED) is 0.457. The van der Waals surface area contributed by atoms with E-state index < -0.39 is 11.9 Å². The summed E-state index contributed by atoms with van der Waals surface area (Å²) in [6.45, 7) is -0.145. The molecule has 0 aliphatic heterocycles. The molecule has 0 fully saturated rings. The highest BCUT2D eigenvalue weighted by Gasteiger charge is 2.19. The van der Waals surface area contributed by atoms with Crippen molar-refractivity contribution in [2.45, 2.75) is 6.54 Å². The van der Waals surface area contributed by atoms with E-state index in [9.17, 15) is 9.59 Å². The van der Waals surface area contributed by atoms with Gasteiger partial charge in [0.05, 0.1) is 52.9 Å². The summed E-state index contributed by atoms with van der Waals surface area (Å²) in [6, 6.07) is 6.50. The molecule has 1 heterocycles. The van der Waals surface area contributed by atoms with Crippen molar-refractivity contribution in [2.75, 3.05) is 42.7 Å². The van der Waals surface area contributed by atoms with Crippen molar-refractivity contribution in [3.8, 4) is 28.7 Å². The molecule has 176 valence electrons. The van der Waals surface area contributed by atoms with Crippen LogP contribution in [0, 0.1) is 0 Å². The molecule has 11 heteroatoms. The first-order valence-electron chi connectivity index (χ1n) is 9.61. The lowest BCUT2D eigenvalue weighted by Crippen LogP contribution is -2.22. The highest BCUT2D eigenvalue weighted by Crippen LogP contribution is 2.38. The van der Waals surface area contributed by atoms with E-state index in [1.807, 2.05) is 0 Å². The van der Waals surface area contributed by atoms with Crippen molar-refractivity contribution in [3.05, 3.63) is 34.6 Å². The minimum atomic E-state index is -0.557. The van der Waals surface area contributed by atoms with Crippen LogP contribution in [0.2, 0.25) is 0 Å². The molecule has 0 radical (unpaired) electrons. The van der Waals surface area contributed by atoms with Gasteiger partial charge < -0.3 is 33.0 Å². The monoisotopic (exact) mass is 476 g/mol. The smallest absolute Gasteiger partial charge is 0.325 e. The summed E-state index contributed by atoms with van der Waals surface area (Å²) in [4.78, 5) is 29.7. The second-order valence-electron chi connectivity index (χ2n) is 6.55. The molecule has 0 unspecified atom stereocenters. The molecule has 0 saturated carbocycles. The Hall–Kier alpha value is -3.73. The maximum Gasteiger partial charge on any atom is 0.325 e. The fraction of sp³-hybridized carbons (Fsp3) is 0.318. The van der Waals surface area contributed by atoms with Gasteiger partial charge in [0.1, 0.15) is 6.54 Å². The van der Waals surface area contributed by atoms with Crippen molar-refractivity contribution in [1.29, 1.82) is 0 Å². The fourth-order valence-electron chi connectivity index (χ4n) is 3.18. The lowest BCUT2D eigenvalue weighted by atomic mass is 10.1. The van der Waals surface area contributed by atoms with Gasteiger partial charge >= 0.3 is 5.97 Å². The molecule has 1 aromatic heterocycles. The number of nitrogens with zero attached hydrogens (tertiary/aromatic N) is 2. The van der Waals surface area contributed by atoms with Crippen LogP contribution in [0.3, 0.4) is 0 Å². The number of amides is 1. The average molecular weight is 477 g/mol. The third-order valence-electron chi connectivity index (χ3n) is 4.81. The molecule has 10 nitrogen and oxygen atoms in total. The zero-order valence-electron chi connectivity index (χ0n) is 19.1. The molecule has 0 saturated heterocycles. The number of fused-ring (bicyclic) bond motifs is 1. The highest BCUT2D eigenvalue weighted by atomic mass is 32.1. The van der Waals surface area contributed by atoms with Gasteiger partial charge in [0.25, 0.3) is 5.91 Å². The number of benzene rings is 2. The lowest BCUT2D eigenvalue weighted by Gasteiger charge is -2.12. The average Bonchev–Trinajstić information content (AvgIpc) is 3.16. The van der Waals surface area contributed by atoms with Gasteiger partial charge in [0.15, 0.2) is 27.8 Å². The Balaban J connectivity index is 2.21. The van der Waals surface area contributed by atoms with Crippen molar-refractivity contribution in [1.82, 2.24) is 4.57 Å². The van der Waals surface area contributed by atoms with Gasteiger partial charge in [-0.15, -0.1) is 0 Å². The van der Waals surface area contributed by atoms with Crippen molar-refractivity contribution in [3.63, 3.8) is 0 Å². The number of hydrogen-bond donors (Lipinski definition) is 0. The molecule has 3 rings (SSSR count). The summed E-state index contributed by atoms with van der Waals surface area (Å²) in [7, 11) is 8.72. The summed E-state index contributed by atoms with van der Waals surface area (Å²) in [6.07, 6.45) is 0. The van der Waals surface area contributed by atoms with Crippen LogP contribution in [-0.4, -0.2) is 59.1 Å². The maximum absolute atomic E-state index is 13.1. The first kappa shape index (κ1) is 23.9. The molecule has 1 amide bonds. The molecular weight excluding hydrogens is 452 g/mol. The Bertz CT molecular complexity index is 1240. The largest absolute Gasteiger partial charge is 0.493 e. The number of thiazole rings is 1. The van der Waals surface area contributed by atoms with E-state index in [0.717, 1.165) is 4.70 Å². The van der Waals surface area contributed by atoms with Crippen LogP contribution in [0.1, 0.15) is 10.4 Å². The molecule has 0 N–H and O–H groups in total. The molecule has 0 atom stereocenters. The standard InChI is InChI=1S/C22H24N2O8S/c1-27-14-9-13-18(10-15(14)28-2)33-22(24(13)11-19(25)31-5)23-21(26)12-7-16(29-3)20(32-6)17(8-12)30-4/h7-10H,11H2,1-6H3. The fourth-order valence-corrected chi connectivity index (χ4v) is 4.22. The minimum absolute atomic E-state index is 0.145. The van der Waals surface area contributed by atoms with Gasteiger partial charge in [-0.3, -0.25) is 9.59 Å². The summed E-state index contributed by atoms with van der Waals surface area (Å²) < 4.78 is 33.8. The maximum atomic E-state index is 13.1. The first-order valence-corrected chi connectivity index (χ1v) is 10.4. The summed E-state index contributed by atoms with van der Waals surface area (Å²) in [5.74, 6) is 0.943. The van der Waals surface area contributed by atoms with Crippen molar-refractivity contribution >= 4 is 33.4 Å². The van der Waals surface area contributed by atoms with Crippen molar-refractivity contribution in [2.24, 2.45) is 4.99 Å². The second kappa shape index (κ2) is 10.3. The number of esters is 1. The van der Waals surface area contributed by atoms with Crippen LogP contribution in [0.25, 0.3) is 10.2 Å². The Morgan fingerprint density at radius 2 is 1.39 bits per heavy atom. The predicted octanol–water partition coefficient (Wildman–Crippen LogP) is 2.66. The number of aromatic nitrogens is 1. The molecule has 0 spiro atoms. The first-order chi connectivity index (χ1) is 15.9. The van der Waals surface area contributed by atoms with E-state index in [1.165, 1.54) is 66.1 Å². The van der Waals surface area contributed by atoms with Gasteiger partial charge in [-0.25, -0.2) is 0 Å². The zero-order chi connectivity index (χ0) is 24.1. The van der Waals surface area contributed by atoms with Crippen LogP contribution in [0.5, 0.6) is 28.7 Å². The third kappa shape index (κ3) is 4.72. The Morgan fingerprint density at radius 1 is 0.818 bits per heavy atom. The lowest BCUT2D eigenvalue weighted by molar-refractivity contribution is -0.141. The SMILES string of the molecule is COC(=O)Cn1c(=NC(=O)c2cc(OC)c(OC)c(OC)c2)sc2cc(OC)c(OC)cc21. The van der Waals surface area contributed by atoms with Crippen LogP contribution in [-0.2, 0) is 16.1 Å². The number of carbonyl (C=O) groups is 2. The van der Waals surface area contributed by atoms with E-state index >= 15 is 0 Å². The van der Waals surface area contributed by atoms with Crippen LogP contribution >= 0.6 is 11.3 Å². The van der Waals surface area contributed by atoms with Crippen molar-refractivity contribution < 1.29 is 38.0 Å². The van der Waals surface area contributed by atoms with Gasteiger partial charge in [-0.1, -0.05) is 11.3 Å². The molecule has 0 aliphatic carbocycles. The molecule has 0 aliphatic rings. The number of hydrogen-bond acceptors (Lipinski definition) is 9. The van der Waals surface area contributed by atoms with Gasteiger partial charge in [0.2, 0.25) is 5.75 Å². The van der Waals surface area contributed by atoms with Crippen LogP contribution in [0.4, 0.5) is 0 Å². The van der Waals surface area contributed by atoms with Gasteiger partial charge in [-0.2, -0.15) is 4.99 Å². The van der Waals surface area contributed by atoms with E-state index in [-0.39, 0.29) is 12.1 Å². The Kier molecular flexibility index (Phi) is 7.44. The summed E-state index contributed by atoms with van der Waals surface area (Å²) >= 11 is 1.22. The molecular formula is C22H24N2O8S. The van der Waals surface area contributed by atoms with E-state index in [2.05, 4.69) is 4.99 Å². The van der Waals surface area contributed by atoms with Crippen LogP contribution < -0.4 is 28.5 Å². The van der Waals surface area contributed by atoms with Crippen LogP contribution in [0.15, 0.2) is 29.3 Å². The number of carbonyl (C=O) groups excluding carboxylic acids is 2. The summed E-state index contributed by atoms with van der Waals surface area (Å²) in [5.41, 5.74) is 0.862. The molecule has 33 heavy (non-hydrogen) atoms. The predicted molar refractivity (Wildman–Crippen MR) is 121 cm³/mol. The normalized spacial score (nSPS) is 11.3. The van der Waals surface area contributed by atoms with E-state index in [1.54, 1.807) is 16.7 Å². The minimum Gasteiger partial charge on any atom is -0.493 e. The van der Waals surface area contributed by atoms with E-state index in [4.69, 9.17) is 28.4 Å². The molecule has 3 aromatic rings. The molecule has 2 aromatic carbocycles. The number of methoxy groups -OCH3 is 6. The summed E-state index contributed by atoms with van der Waals surface area (Å²) in [5, 5.41) is 0. The molecule has 0 bridgehead atoms. The number of ether oxygens (including phenoxy) is 6. The van der Waals surface area contributed by atoms with Gasteiger partial charge in [0, 0.05) is 17.7 Å².